The predicted octanol–water partition coefficient (Wildman–Crippen LogP) is 7.45. The molecule has 5 heteroatoms. The Morgan fingerprint density at radius 3 is 2.49 bits per heavy atom. The largest absolute Gasteiger partial charge is 0.497 e. The van der Waals surface area contributed by atoms with Gasteiger partial charge in [-0.3, -0.25) is 0 Å². The van der Waals surface area contributed by atoms with Gasteiger partial charge in [-0.05, 0) is 90.3 Å². The number of methoxy groups -OCH3 is 2. The zero-order valence-electron chi connectivity index (χ0n) is 22.4. The minimum atomic E-state index is -0.423. The minimum Gasteiger partial charge on any atom is -0.497 e. The molecule has 0 aromatic heterocycles. The lowest BCUT2D eigenvalue weighted by atomic mass is 9.76. The molecule has 3 aromatic rings. The number of anilines is 1. The average molecular weight is 518 g/mol. The van der Waals surface area contributed by atoms with E-state index in [1.54, 1.807) is 13.2 Å². The summed E-state index contributed by atoms with van der Waals surface area (Å²) in [5, 5.41) is 0.823. The highest BCUT2D eigenvalue weighted by Gasteiger charge is 2.40. The fourth-order valence-corrected chi connectivity index (χ4v) is 5.45. The molecule has 0 amide bonds. The van der Waals surface area contributed by atoms with E-state index in [1.165, 1.54) is 29.9 Å². The molecule has 4 rings (SSSR count). The van der Waals surface area contributed by atoms with Crippen LogP contribution in [0.4, 0.5) is 5.69 Å². The molecule has 0 radical (unpaired) electrons. The summed E-state index contributed by atoms with van der Waals surface area (Å²) in [6, 6.07) is 21.3. The molecule has 0 spiro atoms. The van der Waals surface area contributed by atoms with Crippen molar-refractivity contribution in [2.45, 2.75) is 45.6 Å². The van der Waals surface area contributed by atoms with Crippen LogP contribution in [0.2, 0.25) is 5.02 Å². The van der Waals surface area contributed by atoms with Gasteiger partial charge in [-0.15, -0.1) is 0 Å². The van der Waals surface area contributed by atoms with Gasteiger partial charge in [-0.1, -0.05) is 61.8 Å². The molecule has 0 bridgehead atoms. The summed E-state index contributed by atoms with van der Waals surface area (Å²) in [5.74, 6) is 1.14. The average Bonchev–Trinajstić information content (AvgIpc) is 2.91. The Balaban J connectivity index is 1.77. The van der Waals surface area contributed by atoms with Crippen LogP contribution >= 0.6 is 11.6 Å². The lowest BCUT2D eigenvalue weighted by molar-refractivity contribution is -0.134. The van der Waals surface area contributed by atoms with Crippen molar-refractivity contribution in [2.24, 2.45) is 5.92 Å². The molecule has 3 aromatic carbocycles. The highest BCUT2D eigenvalue weighted by atomic mass is 35.5. The smallest absolute Gasteiger partial charge is 0.330 e. The molecule has 1 aliphatic rings. The third-order valence-corrected chi connectivity index (χ3v) is 7.76. The number of benzene rings is 3. The van der Waals surface area contributed by atoms with Crippen molar-refractivity contribution in [2.75, 3.05) is 25.7 Å². The second-order valence-electron chi connectivity index (χ2n) is 10.2. The normalized spacial score (nSPS) is 17.2. The monoisotopic (exact) mass is 517 g/mol. The summed E-state index contributed by atoms with van der Waals surface area (Å²) >= 11 is 6.82. The van der Waals surface area contributed by atoms with E-state index in [0.717, 1.165) is 53.4 Å². The van der Waals surface area contributed by atoms with Gasteiger partial charge in [0.05, 0.1) is 19.8 Å². The molecule has 0 aliphatic carbocycles. The van der Waals surface area contributed by atoms with E-state index >= 15 is 0 Å². The molecule has 1 atom stereocenters. The Bertz CT molecular complexity index is 1280. The number of esters is 1. The maximum absolute atomic E-state index is 11.5. The first-order valence-electron chi connectivity index (χ1n) is 12.9. The minimum absolute atomic E-state index is 0.369. The Hall–Kier alpha value is -3.24. The number of ether oxygens (including phenoxy) is 2. The maximum atomic E-state index is 11.5. The van der Waals surface area contributed by atoms with Crippen LogP contribution in [0.1, 0.15) is 55.0 Å². The number of halogens is 1. The van der Waals surface area contributed by atoms with E-state index < -0.39 is 5.54 Å². The van der Waals surface area contributed by atoms with E-state index in [1.807, 2.05) is 18.2 Å². The van der Waals surface area contributed by atoms with Crippen LogP contribution in [0.5, 0.6) is 5.75 Å². The molecule has 0 saturated heterocycles. The van der Waals surface area contributed by atoms with Gasteiger partial charge < -0.3 is 14.4 Å². The third-order valence-electron chi connectivity index (χ3n) is 7.41. The zero-order valence-corrected chi connectivity index (χ0v) is 23.1. The van der Waals surface area contributed by atoms with Gasteiger partial charge in [0.2, 0.25) is 0 Å². The van der Waals surface area contributed by atoms with Crippen molar-refractivity contribution >= 4 is 29.3 Å². The summed E-state index contributed by atoms with van der Waals surface area (Å²) in [5.41, 5.74) is 6.51. The molecule has 4 nitrogen and oxygen atoms in total. The number of fused-ring (bicyclic) bond motifs is 1. The molecular weight excluding hydrogens is 482 g/mol. The van der Waals surface area contributed by atoms with Crippen LogP contribution in [0.15, 0.2) is 66.7 Å². The van der Waals surface area contributed by atoms with Crippen molar-refractivity contribution in [3.63, 3.8) is 0 Å². The Labute approximate surface area is 225 Å². The van der Waals surface area contributed by atoms with Crippen LogP contribution in [-0.4, -0.2) is 26.7 Å². The lowest BCUT2D eigenvalue weighted by Gasteiger charge is -2.48. The van der Waals surface area contributed by atoms with Crippen LogP contribution in [-0.2, 0) is 27.9 Å². The molecule has 0 N–H and O–H groups in total. The van der Waals surface area contributed by atoms with Gasteiger partial charge in [0.25, 0.3) is 0 Å². The zero-order chi connectivity index (χ0) is 26.6. The molecule has 194 valence electrons. The molecule has 0 fully saturated rings. The van der Waals surface area contributed by atoms with Gasteiger partial charge in [0.1, 0.15) is 5.75 Å². The highest BCUT2D eigenvalue weighted by molar-refractivity contribution is 6.31. The van der Waals surface area contributed by atoms with Crippen molar-refractivity contribution in [1.29, 1.82) is 0 Å². The standard InChI is InChI=1S/C32H36ClNO3/c1-22(2)6-10-24-11-14-27(21-30(24)33)34-19-18-25-20-28(36-4)15-16-29(25)32(34,3)26-12-7-23(8-13-26)9-17-31(35)37-5/h7-9,11-17,20-22H,6,10,18-19H2,1-5H3/b17-9+. The van der Waals surface area contributed by atoms with Gasteiger partial charge in [0, 0.05) is 23.3 Å². The van der Waals surface area contributed by atoms with Gasteiger partial charge in [0.15, 0.2) is 0 Å². The SMILES string of the molecule is COC(=O)/C=C/c1ccc(C2(C)c3ccc(OC)cc3CCN2c2ccc(CCC(C)C)c(Cl)c2)cc1. The molecular formula is C32H36ClNO3. The first-order chi connectivity index (χ1) is 17.8. The maximum Gasteiger partial charge on any atom is 0.330 e. The van der Waals surface area contributed by atoms with Crippen molar-refractivity contribution in [3.05, 3.63) is 99.6 Å². The molecule has 1 unspecified atom stereocenters. The quantitative estimate of drug-likeness (QED) is 0.230. The summed E-state index contributed by atoms with van der Waals surface area (Å²) < 4.78 is 10.2. The topological polar surface area (TPSA) is 38.8 Å². The summed E-state index contributed by atoms with van der Waals surface area (Å²) in [6.07, 6.45) is 6.22. The van der Waals surface area contributed by atoms with E-state index in [9.17, 15) is 4.79 Å². The first kappa shape index (κ1) is 26.8. The van der Waals surface area contributed by atoms with Crippen LogP contribution in [0.25, 0.3) is 6.08 Å². The molecule has 37 heavy (non-hydrogen) atoms. The van der Waals surface area contributed by atoms with Crippen molar-refractivity contribution in [3.8, 4) is 5.75 Å². The van der Waals surface area contributed by atoms with Crippen LogP contribution in [0.3, 0.4) is 0 Å². The van der Waals surface area contributed by atoms with Gasteiger partial charge >= 0.3 is 5.97 Å². The fraction of sp³-hybridized carbons (Fsp3) is 0.344. The lowest BCUT2D eigenvalue weighted by Crippen LogP contribution is -2.49. The van der Waals surface area contributed by atoms with Crippen LogP contribution in [0, 0.1) is 5.92 Å². The van der Waals surface area contributed by atoms with E-state index in [4.69, 9.17) is 21.1 Å². The van der Waals surface area contributed by atoms with E-state index in [-0.39, 0.29) is 5.97 Å². The van der Waals surface area contributed by atoms with Crippen molar-refractivity contribution < 1.29 is 14.3 Å². The second-order valence-corrected chi connectivity index (χ2v) is 10.6. The molecule has 0 saturated carbocycles. The summed E-state index contributed by atoms with van der Waals surface area (Å²) in [4.78, 5) is 14.0. The fourth-order valence-electron chi connectivity index (χ4n) is 5.18. The number of aryl methyl sites for hydroxylation is 1. The number of hydrogen-bond donors (Lipinski definition) is 0. The third kappa shape index (κ3) is 5.70. The van der Waals surface area contributed by atoms with E-state index in [2.05, 4.69) is 68.1 Å². The number of nitrogens with zero attached hydrogens (tertiary/aromatic N) is 1. The molecule has 1 aliphatic heterocycles. The number of carbonyl (C=O) groups excluding carboxylic acids is 1. The summed E-state index contributed by atoms with van der Waals surface area (Å²) in [6.45, 7) is 7.61. The van der Waals surface area contributed by atoms with Gasteiger partial charge in [-0.2, -0.15) is 0 Å². The summed E-state index contributed by atoms with van der Waals surface area (Å²) in [7, 11) is 3.09. The second kappa shape index (κ2) is 11.4. The highest BCUT2D eigenvalue weighted by Crippen LogP contribution is 2.45. The number of rotatable bonds is 8. The van der Waals surface area contributed by atoms with Crippen molar-refractivity contribution in [1.82, 2.24) is 0 Å². The predicted molar refractivity (Wildman–Crippen MR) is 153 cm³/mol. The van der Waals surface area contributed by atoms with E-state index in [0.29, 0.717) is 5.92 Å². The Kier molecular flexibility index (Phi) is 8.29. The Morgan fingerprint density at radius 2 is 1.84 bits per heavy atom. The molecule has 1 heterocycles. The first-order valence-corrected chi connectivity index (χ1v) is 13.2. The number of hydrogen-bond acceptors (Lipinski definition) is 4. The van der Waals surface area contributed by atoms with Gasteiger partial charge in [-0.25, -0.2) is 4.79 Å². The number of carbonyl (C=O) groups is 1. The van der Waals surface area contributed by atoms with Crippen LogP contribution < -0.4 is 9.64 Å². The Morgan fingerprint density at radius 1 is 1.08 bits per heavy atom.